The maximum Gasteiger partial charge on any atom is 2.00 e. The third kappa shape index (κ3) is 558. The van der Waals surface area contributed by atoms with Crippen LogP contribution in [0.1, 0.15) is 0 Å². The Morgan fingerprint density at radius 3 is 1.10 bits per heavy atom. The summed E-state index contributed by atoms with van der Waals surface area (Å²) >= 11 is 0. The smallest absolute Gasteiger partial charge is 0.870 e. The van der Waals surface area contributed by atoms with Gasteiger partial charge in [0.1, 0.15) is 6.79 Å². The van der Waals surface area contributed by atoms with Crippen LogP contribution in [0.5, 0.6) is 0 Å². The number of rotatable bonds is 0. The fourth-order valence-corrected chi connectivity index (χ4v) is 0. The van der Waals surface area contributed by atoms with E-state index in [1.54, 1.807) is 0 Å². The maximum absolute atomic E-state index is 8.52. The first-order chi connectivity index (χ1) is 3.00. The quantitative estimate of drug-likeness (QED) is 0.233. The van der Waals surface area contributed by atoms with Gasteiger partial charge in [0.15, 0.2) is 0 Å². The van der Waals surface area contributed by atoms with Crippen LogP contribution in [0, 0.1) is 0 Å². The Balaban J connectivity index is -0.0000000154. The Kier molecular flexibility index (Phi) is 50.5. The Morgan fingerprint density at radius 1 is 1.10 bits per heavy atom. The minimum absolute atomic E-state index is 0. The molecule has 0 unspecified atom stereocenters. The van der Waals surface area contributed by atoms with Crippen molar-refractivity contribution in [3.05, 3.63) is 0 Å². The van der Waals surface area contributed by atoms with Crippen molar-refractivity contribution in [1.82, 2.24) is 0 Å². The Hall–Kier alpha value is 1.02. The fraction of sp³-hybridized carbons (Fsp3) is 0. The van der Waals surface area contributed by atoms with E-state index in [0.29, 0.717) is 0 Å². The van der Waals surface area contributed by atoms with Gasteiger partial charge in [-0.3, -0.25) is 8.42 Å². The van der Waals surface area contributed by atoms with Crippen molar-refractivity contribution < 1.29 is 74.4 Å². The number of hydrogen-bond acceptors (Lipinski definition) is 6. The van der Waals surface area contributed by atoms with Gasteiger partial charge in [0.05, 0.1) is 0 Å². The molecule has 0 aliphatic heterocycles. The molecule has 0 bridgehead atoms. The molecule has 0 fully saturated rings. The van der Waals surface area contributed by atoms with Crippen LogP contribution in [0.4, 0.5) is 0 Å². The van der Waals surface area contributed by atoms with Crippen molar-refractivity contribution in [2.45, 2.75) is 0 Å². The van der Waals surface area contributed by atoms with E-state index >= 15 is 0 Å². The molecule has 0 heterocycles. The predicted molar refractivity (Wildman–Crippen MR) is 19.5 cm³/mol. The summed E-state index contributed by atoms with van der Waals surface area (Å²) in [6.45, 7) is 2.00. The van der Waals surface area contributed by atoms with Gasteiger partial charge in [0, 0.05) is 10.4 Å². The van der Waals surface area contributed by atoms with Crippen LogP contribution in [0.25, 0.3) is 0 Å². The molecule has 61 valence electrons. The molecule has 1 radical (unpaired) electrons. The van der Waals surface area contributed by atoms with E-state index in [-0.39, 0.29) is 52.1 Å². The summed E-state index contributed by atoms with van der Waals surface area (Å²) in [6.07, 6.45) is 0. The van der Waals surface area contributed by atoms with E-state index in [1.165, 1.54) is 0 Å². The zero-order chi connectivity index (χ0) is 6.50. The Morgan fingerprint density at radius 2 is 1.10 bits per heavy atom. The average molecular weight is 230 g/mol. The fourth-order valence-electron chi connectivity index (χ4n) is 0. The molecule has 0 aromatic rings. The molecule has 0 saturated carbocycles. The van der Waals surface area contributed by atoms with E-state index < -0.39 is 10.4 Å². The summed E-state index contributed by atoms with van der Waals surface area (Å²) in [7, 11) is -5.17. The maximum atomic E-state index is 8.52. The molecule has 0 atom stereocenters. The molecule has 0 amide bonds. The molecule has 10 heavy (non-hydrogen) atoms. The van der Waals surface area contributed by atoms with E-state index in [0.717, 1.165) is 0 Å². The number of carbonyl (C=O) groups excluding carboxylic acids is 1. The van der Waals surface area contributed by atoms with E-state index in [1.807, 2.05) is 6.79 Å². The Labute approximate surface area is 91.0 Å². The first-order valence-corrected chi connectivity index (χ1v) is 2.29. The standard InChI is InChI=1S/CH2O.Cu.Na.H2O4S.H2O/c1-2;;;1-5(2,3)4;/h1H2;;;(H2,1,2,3,4);1H2/q;+2;+1;;/p-3. The summed E-state index contributed by atoms with van der Waals surface area (Å²) in [5.41, 5.74) is 0. The van der Waals surface area contributed by atoms with Gasteiger partial charge in [-0.25, -0.2) is 0 Å². The molecular formula is CH3CuNaO6S. The van der Waals surface area contributed by atoms with E-state index in [9.17, 15) is 0 Å². The second-order valence-corrected chi connectivity index (χ2v) is 1.22. The van der Waals surface area contributed by atoms with Crippen LogP contribution in [0.2, 0.25) is 0 Å². The third-order valence-corrected chi connectivity index (χ3v) is 0. The summed E-state index contributed by atoms with van der Waals surface area (Å²) in [5, 5.41) is 0. The molecule has 0 aliphatic carbocycles. The minimum Gasteiger partial charge on any atom is -0.870 e. The first kappa shape index (κ1) is 30.5. The molecule has 6 nitrogen and oxygen atoms in total. The average Bonchev–Trinajstić information content (AvgIpc) is 1.36. The van der Waals surface area contributed by atoms with Crippen molar-refractivity contribution >= 4 is 17.2 Å². The van der Waals surface area contributed by atoms with Crippen LogP contribution < -0.4 is 29.6 Å². The topological polar surface area (TPSA) is 127 Å². The normalized spacial score (nSPS) is 6.20. The minimum atomic E-state index is -5.17. The third-order valence-electron chi connectivity index (χ3n) is 0. The zero-order valence-electron chi connectivity index (χ0n) is 4.91. The van der Waals surface area contributed by atoms with Crippen molar-refractivity contribution in [3.63, 3.8) is 0 Å². The molecule has 9 heteroatoms. The molecule has 0 aliphatic rings. The first-order valence-electron chi connectivity index (χ1n) is 0.955. The molecule has 1 N–H and O–H groups in total. The molecular weight excluding hydrogens is 227 g/mol. The van der Waals surface area contributed by atoms with E-state index in [2.05, 4.69) is 0 Å². The van der Waals surface area contributed by atoms with Crippen LogP contribution in [0.15, 0.2) is 0 Å². The summed E-state index contributed by atoms with van der Waals surface area (Å²) in [4.78, 5) is 8.00. The van der Waals surface area contributed by atoms with Gasteiger partial charge in [0.2, 0.25) is 0 Å². The molecule has 0 rings (SSSR count). The van der Waals surface area contributed by atoms with Gasteiger partial charge >= 0.3 is 46.6 Å². The van der Waals surface area contributed by atoms with Crippen molar-refractivity contribution in [1.29, 1.82) is 0 Å². The van der Waals surface area contributed by atoms with Crippen LogP contribution in [-0.4, -0.2) is 29.8 Å². The van der Waals surface area contributed by atoms with Gasteiger partial charge in [-0.15, -0.1) is 0 Å². The summed E-state index contributed by atoms with van der Waals surface area (Å²) in [6, 6.07) is 0. The van der Waals surface area contributed by atoms with Gasteiger partial charge in [-0.05, 0) is 0 Å². The van der Waals surface area contributed by atoms with Crippen LogP contribution in [-0.2, 0) is 32.3 Å². The Bertz CT molecular complexity index is 112. The SMILES string of the molecule is C=O.O=S(=O)([O-])[O-].[Cu+2].[Na+].[OH-]. The van der Waals surface area contributed by atoms with Crippen molar-refractivity contribution in [2.75, 3.05) is 0 Å². The van der Waals surface area contributed by atoms with E-state index in [4.69, 9.17) is 22.3 Å². The monoisotopic (exact) mass is 229 g/mol. The second-order valence-electron chi connectivity index (χ2n) is 0.408. The summed E-state index contributed by atoms with van der Waals surface area (Å²) < 4.78 is 34.1. The van der Waals surface area contributed by atoms with Crippen LogP contribution in [0.3, 0.4) is 0 Å². The predicted octanol–water partition coefficient (Wildman–Crippen LogP) is -4.70. The number of carbonyl (C=O) groups is 1. The molecule has 0 aromatic heterocycles. The molecule has 0 aromatic carbocycles. The zero-order valence-corrected chi connectivity index (χ0v) is 8.66. The van der Waals surface area contributed by atoms with Gasteiger partial charge < -0.3 is 19.4 Å². The van der Waals surface area contributed by atoms with Gasteiger partial charge in [-0.1, -0.05) is 0 Å². The van der Waals surface area contributed by atoms with Crippen molar-refractivity contribution in [3.8, 4) is 0 Å². The molecule has 0 spiro atoms. The van der Waals surface area contributed by atoms with Crippen LogP contribution >= 0.6 is 0 Å². The number of hydrogen-bond donors (Lipinski definition) is 0. The largest absolute Gasteiger partial charge is 2.00 e. The van der Waals surface area contributed by atoms with Gasteiger partial charge in [-0.2, -0.15) is 0 Å². The van der Waals surface area contributed by atoms with Crippen molar-refractivity contribution in [2.24, 2.45) is 0 Å². The summed E-state index contributed by atoms with van der Waals surface area (Å²) in [5.74, 6) is 0. The second kappa shape index (κ2) is 16.5. The molecule has 0 saturated heterocycles. The van der Waals surface area contributed by atoms with Gasteiger partial charge in [0.25, 0.3) is 0 Å².